The van der Waals surface area contributed by atoms with Crippen molar-refractivity contribution in [1.29, 1.82) is 0 Å². The van der Waals surface area contributed by atoms with Crippen molar-refractivity contribution in [3.63, 3.8) is 0 Å². The topological polar surface area (TPSA) is 9.23 Å². The molecule has 0 aliphatic heterocycles. The molecule has 0 aromatic carbocycles. The van der Waals surface area contributed by atoms with E-state index in [1.165, 1.54) is 0 Å². The van der Waals surface area contributed by atoms with Gasteiger partial charge >= 0.3 is 0 Å². The fourth-order valence-electron chi connectivity index (χ4n) is 0.467. The van der Waals surface area contributed by atoms with Crippen LogP contribution >= 0.6 is 0 Å². The number of ether oxygens (including phenoxy) is 1. The molecule has 0 heterocycles. The summed E-state index contributed by atoms with van der Waals surface area (Å²) < 4.78 is 5.05. The summed E-state index contributed by atoms with van der Waals surface area (Å²) in [6.45, 7) is 4.74. The summed E-state index contributed by atoms with van der Waals surface area (Å²) in [6, 6.07) is 0. The lowest BCUT2D eigenvalue weighted by Crippen LogP contribution is -1.82. The first-order valence-electron chi connectivity index (χ1n) is 3.25. The third kappa shape index (κ3) is 17.6. The highest BCUT2D eigenvalue weighted by Crippen LogP contribution is 1.85. The fraction of sp³-hybridized carbons (Fsp3) is 0.600. The predicted molar refractivity (Wildman–Crippen MR) is 53.7 cm³/mol. The molecule has 0 fully saturated rings. The van der Waals surface area contributed by atoms with E-state index in [1.807, 2.05) is 26.0 Å². The second kappa shape index (κ2) is 16.1. The zero-order valence-corrected chi connectivity index (χ0v) is 6.13. The Morgan fingerprint density at radius 2 is 1.73 bits per heavy atom. The third-order valence-corrected chi connectivity index (χ3v) is 0.870. The summed E-state index contributed by atoms with van der Waals surface area (Å²) in [5.74, 6) is 0. The average Bonchev–Trinajstić information content (AvgIpc) is 1.89. The molecule has 0 spiro atoms. The van der Waals surface area contributed by atoms with Crippen molar-refractivity contribution < 1.29 is 4.74 Å². The highest BCUT2D eigenvalue weighted by atomic mass is 16.5. The van der Waals surface area contributed by atoms with Gasteiger partial charge in [-0.15, -0.1) is 0 Å². The molecule has 11 heavy (non-hydrogen) atoms. The minimum Gasteiger partial charge on any atom is -0.501 e. The van der Waals surface area contributed by atoms with Crippen molar-refractivity contribution in [2.75, 3.05) is 6.61 Å². The Bertz CT molecular complexity index is 81.0. The summed E-state index contributed by atoms with van der Waals surface area (Å²) in [4.78, 5) is 0. The number of rotatable bonds is 4. The molecule has 0 rings (SSSR count). The molecular formula is C10H22O. The van der Waals surface area contributed by atoms with E-state index in [-0.39, 0.29) is 14.9 Å². The van der Waals surface area contributed by atoms with Crippen LogP contribution in [-0.2, 0) is 4.74 Å². The fourth-order valence-corrected chi connectivity index (χ4v) is 0.467. The van der Waals surface area contributed by atoms with Crippen molar-refractivity contribution in [3.05, 3.63) is 24.5 Å². The van der Waals surface area contributed by atoms with Crippen molar-refractivity contribution in [2.24, 2.45) is 0 Å². The van der Waals surface area contributed by atoms with Gasteiger partial charge in [0.2, 0.25) is 0 Å². The first-order chi connectivity index (χ1) is 4.41. The van der Waals surface area contributed by atoms with Gasteiger partial charge in [-0.25, -0.2) is 0 Å². The molecule has 0 unspecified atom stereocenters. The molecule has 0 atom stereocenters. The van der Waals surface area contributed by atoms with E-state index in [4.69, 9.17) is 4.74 Å². The largest absolute Gasteiger partial charge is 0.501 e. The summed E-state index contributed by atoms with van der Waals surface area (Å²) in [5.41, 5.74) is 0. The lowest BCUT2D eigenvalue weighted by atomic mass is 10.4. The van der Waals surface area contributed by atoms with Crippen LogP contribution < -0.4 is 0 Å². The maximum atomic E-state index is 5.05. The van der Waals surface area contributed by atoms with Crippen LogP contribution in [-0.4, -0.2) is 6.61 Å². The highest BCUT2D eigenvalue weighted by Gasteiger charge is 1.74. The zero-order chi connectivity index (χ0) is 6.95. The van der Waals surface area contributed by atoms with Gasteiger partial charge in [-0.1, -0.05) is 33.1 Å². The van der Waals surface area contributed by atoms with E-state index in [0.717, 1.165) is 13.0 Å². The maximum absolute atomic E-state index is 5.05. The van der Waals surface area contributed by atoms with Crippen LogP contribution in [0.1, 0.15) is 35.1 Å². The third-order valence-electron chi connectivity index (χ3n) is 0.870. The summed E-state index contributed by atoms with van der Waals surface area (Å²) >= 11 is 0. The van der Waals surface area contributed by atoms with Crippen LogP contribution in [0, 0.1) is 0 Å². The van der Waals surface area contributed by atoms with Crippen LogP contribution in [0.15, 0.2) is 24.5 Å². The lowest BCUT2D eigenvalue weighted by Gasteiger charge is -1.93. The van der Waals surface area contributed by atoms with Crippen molar-refractivity contribution in [2.45, 2.75) is 35.1 Å². The second-order valence-corrected chi connectivity index (χ2v) is 1.70. The maximum Gasteiger partial charge on any atom is 0.0907 e. The standard InChI is InChI=1S/C8H14O.2CH4/c1-3-5-6-8-9-7-4-2;;/h3-5,7H,6,8H2,1-2H3;2*1H4. The minimum atomic E-state index is 0. The average molecular weight is 158 g/mol. The molecule has 0 saturated heterocycles. The SMILES string of the molecule is C.C.CC=CCCOC=CC. The molecular weight excluding hydrogens is 136 g/mol. The Morgan fingerprint density at radius 3 is 2.18 bits per heavy atom. The van der Waals surface area contributed by atoms with Gasteiger partial charge in [-0.3, -0.25) is 0 Å². The Balaban J connectivity index is -0.000000320. The highest BCUT2D eigenvalue weighted by molar-refractivity contribution is 4.76. The first-order valence-corrected chi connectivity index (χ1v) is 3.25. The van der Waals surface area contributed by atoms with E-state index in [1.54, 1.807) is 6.26 Å². The molecule has 0 radical (unpaired) electrons. The van der Waals surface area contributed by atoms with Gasteiger partial charge in [-0.05, 0) is 20.3 Å². The molecule has 0 aliphatic rings. The van der Waals surface area contributed by atoms with E-state index in [2.05, 4.69) is 6.08 Å². The molecule has 0 aliphatic carbocycles. The molecule has 0 saturated carbocycles. The van der Waals surface area contributed by atoms with Gasteiger partial charge in [-0.2, -0.15) is 0 Å². The summed E-state index contributed by atoms with van der Waals surface area (Å²) in [5, 5.41) is 0. The van der Waals surface area contributed by atoms with E-state index in [0.29, 0.717) is 0 Å². The molecule has 0 aromatic rings. The predicted octanol–water partition coefficient (Wildman–Crippen LogP) is 3.78. The van der Waals surface area contributed by atoms with Crippen LogP contribution in [0.25, 0.3) is 0 Å². The summed E-state index contributed by atoms with van der Waals surface area (Å²) in [6.07, 6.45) is 8.71. The zero-order valence-electron chi connectivity index (χ0n) is 6.13. The van der Waals surface area contributed by atoms with Crippen LogP contribution in [0.2, 0.25) is 0 Å². The van der Waals surface area contributed by atoms with Crippen LogP contribution in [0.5, 0.6) is 0 Å². The van der Waals surface area contributed by atoms with E-state index < -0.39 is 0 Å². The monoisotopic (exact) mass is 158 g/mol. The van der Waals surface area contributed by atoms with Crippen molar-refractivity contribution >= 4 is 0 Å². The normalized spacial score (nSPS) is 9.27. The van der Waals surface area contributed by atoms with Crippen molar-refractivity contribution in [1.82, 2.24) is 0 Å². The Kier molecular flexibility index (Phi) is 24.5. The number of allylic oxidation sites excluding steroid dienone is 2. The van der Waals surface area contributed by atoms with E-state index in [9.17, 15) is 0 Å². The Labute approximate surface area is 71.8 Å². The lowest BCUT2D eigenvalue weighted by molar-refractivity contribution is 0.255. The van der Waals surface area contributed by atoms with Gasteiger partial charge in [0.1, 0.15) is 0 Å². The minimum absolute atomic E-state index is 0. The Hall–Kier alpha value is -0.720. The number of hydrogen-bond donors (Lipinski definition) is 0. The molecule has 0 amide bonds. The van der Waals surface area contributed by atoms with Crippen molar-refractivity contribution in [3.8, 4) is 0 Å². The van der Waals surface area contributed by atoms with Gasteiger partial charge in [0.05, 0.1) is 12.9 Å². The van der Waals surface area contributed by atoms with Crippen LogP contribution in [0.4, 0.5) is 0 Å². The quantitative estimate of drug-likeness (QED) is 0.344. The van der Waals surface area contributed by atoms with Gasteiger partial charge < -0.3 is 4.74 Å². The van der Waals surface area contributed by atoms with Gasteiger partial charge in [0.15, 0.2) is 0 Å². The smallest absolute Gasteiger partial charge is 0.0907 e. The second-order valence-electron chi connectivity index (χ2n) is 1.70. The Morgan fingerprint density at radius 1 is 1.09 bits per heavy atom. The molecule has 0 N–H and O–H groups in total. The van der Waals surface area contributed by atoms with E-state index >= 15 is 0 Å². The number of hydrogen-bond acceptors (Lipinski definition) is 1. The molecule has 1 heteroatoms. The first kappa shape index (κ1) is 16.7. The van der Waals surface area contributed by atoms with Gasteiger partial charge in [0.25, 0.3) is 0 Å². The molecule has 0 aromatic heterocycles. The molecule has 1 nitrogen and oxygen atoms in total. The van der Waals surface area contributed by atoms with Crippen LogP contribution in [0.3, 0.4) is 0 Å². The molecule has 0 bridgehead atoms. The summed E-state index contributed by atoms with van der Waals surface area (Å²) in [7, 11) is 0. The van der Waals surface area contributed by atoms with Gasteiger partial charge in [0, 0.05) is 0 Å². The molecule has 68 valence electrons.